The molecule has 0 spiro atoms. The topological polar surface area (TPSA) is 50.4 Å². The van der Waals surface area contributed by atoms with E-state index in [0.717, 1.165) is 10.2 Å². The summed E-state index contributed by atoms with van der Waals surface area (Å²) in [6.45, 7) is 0.663. The predicted molar refractivity (Wildman–Crippen MR) is 88.1 cm³/mol. The fourth-order valence-electron chi connectivity index (χ4n) is 1.61. The van der Waals surface area contributed by atoms with Crippen LogP contribution >= 0.6 is 27.5 Å². The molecule has 0 saturated carbocycles. The third-order valence-corrected chi connectivity index (χ3v) is 3.47. The van der Waals surface area contributed by atoms with Gasteiger partial charge in [0.05, 0.1) is 11.6 Å². The van der Waals surface area contributed by atoms with Crippen molar-refractivity contribution in [1.82, 2.24) is 5.32 Å². The van der Waals surface area contributed by atoms with Crippen LogP contribution in [0.2, 0.25) is 5.02 Å². The highest BCUT2D eigenvalue weighted by Crippen LogP contribution is 2.19. The van der Waals surface area contributed by atoms with E-state index in [1.807, 2.05) is 24.3 Å². The van der Waals surface area contributed by atoms with E-state index in [1.165, 1.54) is 18.2 Å². The van der Waals surface area contributed by atoms with Gasteiger partial charge in [-0.25, -0.2) is 9.18 Å². The number of carbonyl (C=O) groups excluding carboxylic acids is 1. The van der Waals surface area contributed by atoms with Gasteiger partial charge in [0.1, 0.15) is 18.2 Å². The summed E-state index contributed by atoms with van der Waals surface area (Å²) < 4.78 is 19.4. The molecule has 0 aliphatic heterocycles. The van der Waals surface area contributed by atoms with Crippen molar-refractivity contribution in [2.45, 2.75) is 0 Å². The van der Waals surface area contributed by atoms with Crippen LogP contribution in [-0.4, -0.2) is 19.2 Å². The summed E-state index contributed by atoms with van der Waals surface area (Å²) in [5, 5.41) is 5.13. The van der Waals surface area contributed by atoms with E-state index < -0.39 is 11.8 Å². The van der Waals surface area contributed by atoms with E-state index in [-0.39, 0.29) is 5.02 Å². The van der Waals surface area contributed by atoms with Crippen molar-refractivity contribution in [2.24, 2.45) is 0 Å². The number of urea groups is 1. The number of nitrogens with one attached hydrogen (secondary N) is 2. The molecule has 0 unspecified atom stereocenters. The number of hydrogen-bond donors (Lipinski definition) is 2. The van der Waals surface area contributed by atoms with Gasteiger partial charge in [-0.1, -0.05) is 27.5 Å². The summed E-state index contributed by atoms with van der Waals surface area (Å²) in [5.74, 6) is 0.186. The lowest BCUT2D eigenvalue weighted by Crippen LogP contribution is -2.32. The molecule has 7 heteroatoms. The second kappa shape index (κ2) is 8.00. The minimum atomic E-state index is -0.532. The van der Waals surface area contributed by atoms with Crippen LogP contribution in [-0.2, 0) is 0 Å². The smallest absolute Gasteiger partial charge is 0.319 e. The second-order valence-corrected chi connectivity index (χ2v) is 5.64. The van der Waals surface area contributed by atoms with Crippen LogP contribution in [0, 0.1) is 5.82 Å². The van der Waals surface area contributed by atoms with Gasteiger partial charge in [-0.05, 0) is 42.5 Å². The molecule has 0 radical (unpaired) electrons. The molecule has 2 aromatic rings. The molecule has 2 N–H and O–H groups in total. The summed E-state index contributed by atoms with van der Waals surface area (Å²) >= 11 is 8.97. The second-order valence-electron chi connectivity index (χ2n) is 4.31. The zero-order valence-corrected chi connectivity index (χ0v) is 13.7. The lowest BCUT2D eigenvalue weighted by molar-refractivity contribution is 0.247. The first-order valence-corrected chi connectivity index (χ1v) is 7.60. The van der Waals surface area contributed by atoms with Gasteiger partial charge in [0.15, 0.2) is 0 Å². The Hall–Kier alpha value is -1.79. The first-order chi connectivity index (χ1) is 10.5. The molecule has 0 atom stereocenters. The molecular formula is C15H13BrClFN2O2. The van der Waals surface area contributed by atoms with Gasteiger partial charge in [-0.2, -0.15) is 0 Å². The van der Waals surface area contributed by atoms with Crippen molar-refractivity contribution in [2.75, 3.05) is 18.5 Å². The van der Waals surface area contributed by atoms with Crippen molar-refractivity contribution >= 4 is 39.2 Å². The molecule has 0 bridgehead atoms. The van der Waals surface area contributed by atoms with Crippen molar-refractivity contribution < 1.29 is 13.9 Å². The van der Waals surface area contributed by atoms with Crippen LogP contribution in [0.5, 0.6) is 5.75 Å². The summed E-state index contributed by atoms with van der Waals surface area (Å²) in [4.78, 5) is 11.6. The van der Waals surface area contributed by atoms with Gasteiger partial charge in [-0.15, -0.1) is 0 Å². The average Bonchev–Trinajstić information content (AvgIpc) is 2.49. The molecule has 0 saturated heterocycles. The number of carbonyl (C=O) groups is 1. The van der Waals surface area contributed by atoms with Gasteiger partial charge in [-0.3, -0.25) is 0 Å². The first-order valence-electron chi connectivity index (χ1n) is 6.43. The minimum absolute atomic E-state index is 0.0450. The highest BCUT2D eigenvalue weighted by Gasteiger charge is 2.04. The average molecular weight is 388 g/mol. The normalized spacial score (nSPS) is 10.1. The molecule has 0 aliphatic carbocycles. The van der Waals surface area contributed by atoms with Crippen LogP contribution in [0.4, 0.5) is 14.9 Å². The van der Waals surface area contributed by atoms with E-state index in [0.29, 0.717) is 18.8 Å². The van der Waals surface area contributed by atoms with Crippen molar-refractivity contribution in [3.8, 4) is 5.75 Å². The quantitative estimate of drug-likeness (QED) is 0.745. The van der Waals surface area contributed by atoms with Crippen molar-refractivity contribution in [3.63, 3.8) is 0 Å². The van der Waals surface area contributed by atoms with E-state index in [9.17, 15) is 9.18 Å². The highest BCUT2D eigenvalue weighted by atomic mass is 79.9. The number of hydrogen-bond acceptors (Lipinski definition) is 2. The van der Waals surface area contributed by atoms with Gasteiger partial charge in [0.25, 0.3) is 0 Å². The Morgan fingerprint density at radius 1 is 1.23 bits per heavy atom. The number of ether oxygens (including phenoxy) is 1. The van der Waals surface area contributed by atoms with Crippen LogP contribution in [0.15, 0.2) is 46.9 Å². The van der Waals surface area contributed by atoms with E-state index in [1.54, 1.807) is 0 Å². The number of anilines is 1. The van der Waals surface area contributed by atoms with Crippen LogP contribution in [0.3, 0.4) is 0 Å². The van der Waals surface area contributed by atoms with Crippen molar-refractivity contribution in [1.29, 1.82) is 0 Å². The van der Waals surface area contributed by atoms with E-state index >= 15 is 0 Å². The molecule has 0 fully saturated rings. The van der Waals surface area contributed by atoms with Crippen LogP contribution < -0.4 is 15.4 Å². The molecule has 0 heterocycles. The zero-order chi connectivity index (χ0) is 15.9. The maximum atomic E-state index is 13.0. The van der Waals surface area contributed by atoms with E-state index in [2.05, 4.69) is 26.6 Å². The predicted octanol–water partition coefficient (Wildman–Crippen LogP) is 4.44. The number of amides is 2. The highest BCUT2D eigenvalue weighted by molar-refractivity contribution is 9.10. The Morgan fingerprint density at radius 2 is 1.95 bits per heavy atom. The molecule has 2 aromatic carbocycles. The first kappa shape index (κ1) is 16.6. The molecule has 2 amide bonds. The fourth-order valence-corrected chi connectivity index (χ4v) is 2.06. The Kier molecular flexibility index (Phi) is 6.03. The summed E-state index contributed by atoms with van der Waals surface area (Å²) in [6.07, 6.45) is 0. The Labute approximate surface area is 140 Å². The Bertz CT molecular complexity index is 652. The van der Waals surface area contributed by atoms with Crippen molar-refractivity contribution in [3.05, 3.63) is 57.8 Å². The SMILES string of the molecule is O=C(NCCOc1ccc(Br)cc1)Nc1ccc(F)c(Cl)c1. The van der Waals surface area contributed by atoms with E-state index in [4.69, 9.17) is 16.3 Å². The summed E-state index contributed by atoms with van der Waals surface area (Å²) in [7, 11) is 0. The van der Waals surface area contributed by atoms with Gasteiger partial charge in [0.2, 0.25) is 0 Å². The molecule has 4 nitrogen and oxygen atoms in total. The molecule has 0 aliphatic rings. The molecular weight excluding hydrogens is 375 g/mol. The summed E-state index contributed by atoms with van der Waals surface area (Å²) in [5.41, 5.74) is 0.415. The molecule has 116 valence electrons. The molecule has 2 rings (SSSR count). The minimum Gasteiger partial charge on any atom is -0.492 e. The summed E-state index contributed by atoms with van der Waals surface area (Å²) in [6, 6.07) is 10.9. The number of halogens is 3. The maximum Gasteiger partial charge on any atom is 0.319 e. The Balaban J connectivity index is 1.71. The Morgan fingerprint density at radius 3 is 2.64 bits per heavy atom. The van der Waals surface area contributed by atoms with Crippen LogP contribution in [0.1, 0.15) is 0 Å². The zero-order valence-electron chi connectivity index (χ0n) is 11.4. The fraction of sp³-hybridized carbons (Fsp3) is 0.133. The third kappa shape index (κ3) is 5.20. The lowest BCUT2D eigenvalue weighted by Gasteiger charge is -2.09. The standard InChI is InChI=1S/C15H13BrClFN2O2/c16-10-1-4-12(5-2-10)22-8-7-19-15(21)20-11-3-6-14(18)13(17)9-11/h1-6,9H,7-8H2,(H2,19,20,21). The molecule has 22 heavy (non-hydrogen) atoms. The van der Waals surface area contributed by atoms with Gasteiger partial charge < -0.3 is 15.4 Å². The lowest BCUT2D eigenvalue weighted by atomic mass is 10.3. The maximum absolute atomic E-state index is 13.0. The van der Waals surface area contributed by atoms with Gasteiger partial charge >= 0.3 is 6.03 Å². The number of benzene rings is 2. The van der Waals surface area contributed by atoms with Gasteiger partial charge in [0, 0.05) is 10.2 Å². The monoisotopic (exact) mass is 386 g/mol. The molecule has 0 aromatic heterocycles. The number of rotatable bonds is 5. The van der Waals surface area contributed by atoms with Crippen LogP contribution in [0.25, 0.3) is 0 Å². The third-order valence-electron chi connectivity index (χ3n) is 2.65. The largest absolute Gasteiger partial charge is 0.492 e.